The summed E-state index contributed by atoms with van der Waals surface area (Å²) in [5.74, 6) is -3.91. The first-order chi connectivity index (χ1) is 11.1. The second-order valence-electron chi connectivity index (χ2n) is 4.97. The molecule has 2 N–H and O–H groups in total. The van der Waals surface area contributed by atoms with Crippen molar-refractivity contribution < 1.29 is 32.3 Å². The van der Waals surface area contributed by atoms with Crippen molar-refractivity contribution in [2.45, 2.75) is 31.6 Å². The smallest absolute Gasteiger partial charge is 0.467 e. The second-order valence-corrected chi connectivity index (χ2v) is 4.97. The predicted molar refractivity (Wildman–Crippen MR) is 77.8 cm³/mol. The van der Waals surface area contributed by atoms with Crippen molar-refractivity contribution in [2.75, 3.05) is 7.11 Å². The Labute approximate surface area is 136 Å². The monoisotopic (exact) mass is 346 g/mol. The lowest BCUT2D eigenvalue weighted by molar-refractivity contribution is -0.174. The molecule has 0 unspecified atom stereocenters. The molecule has 0 radical (unpaired) electrons. The van der Waals surface area contributed by atoms with Crippen molar-refractivity contribution in [3.8, 4) is 0 Å². The van der Waals surface area contributed by atoms with Crippen molar-refractivity contribution in [3.05, 3.63) is 35.9 Å². The fraction of sp³-hybridized carbons (Fsp3) is 0.400. The van der Waals surface area contributed by atoms with Gasteiger partial charge in [0.15, 0.2) is 0 Å². The standard InChI is InChI=1S/C15H17F3N2O4/c1-9(19-14(23)15(16,17)18)12(21)20-11(13(22)24-2)8-10-6-4-3-5-7-10/h3-7,9,11H,8H2,1-2H3,(H,19,23)(H,20,21)/t9-,11-/m0/s1. The zero-order chi connectivity index (χ0) is 18.3. The lowest BCUT2D eigenvalue weighted by Crippen LogP contribution is -2.53. The summed E-state index contributed by atoms with van der Waals surface area (Å²) in [4.78, 5) is 34.5. The highest BCUT2D eigenvalue weighted by atomic mass is 19.4. The molecule has 0 fully saturated rings. The van der Waals surface area contributed by atoms with E-state index in [0.717, 1.165) is 19.6 Å². The van der Waals surface area contributed by atoms with Crippen LogP contribution in [0.4, 0.5) is 13.2 Å². The molecule has 1 rings (SSSR count). The third kappa shape index (κ3) is 5.90. The Kier molecular flexibility index (Phi) is 6.75. The largest absolute Gasteiger partial charge is 0.471 e. The van der Waals surface area contributed by atoms with Gasteiger partial charge in [-0.2, -0.15) is 13.2 Å². The second kappa shape index (κ2) is 8.32. The number of amides is 2. The minimum atomic E-state index is -5.10. The van der Waals surface area contributed by atoms with Gasteiger partial charge < -0.3 is 15.4 Å². The van der Waals surface area contributed by atoms with E-state index in [4.69, 9.17) is 0 Å². The number of esters is 1. The maximum Gasteiger partial charge on any atom is 0.471 e. The van der Waals surface area contributed by atoms with Crippen LogP contribution in [0.25, 0.3) is 0 Å². The van der Waals surface area contributed by atoms with Gasteiger partial charge in [0, 0.05) is 6.42 Å². The lowest BCUT2D eigenvalue weighted by Gasteiger charge is -2.20. The van der Waals surface area contributed by atoms with Crippen LogP contribution in [0.15, 0.2) is 30.3 Å². The van der Waals surface area contributed by atoms with E-state index >= 15 is 0 Å². The molecular weight excluding hydrogens is 329 g/mol. The number of ether oxygens (including phenoxy) is 1. The zero-order valence-electron chi connectivity index (χ0n) is 13.0. The quantitative estimate of drug-likeness (QED) is 0.752. The molecule has 0 aliphatic carbocycles. The number of methoxy groups -OCH3 is 1. The first-order valence-electron chi connectivity index (χ1n) is 6.95. The number of alkyl halides is 3. The van der Waals surface area contributed by atoms with Gasteiger partial charge in [-0.05, 0) is 12.5 Å². The SMILES string of the molecule is COC(=O)[C@H](Cc1ccccc1)NC(=O)[C@H](C)NC(=O)C(F)(F)F. The molecule has 2 amide bonds. The predicted octanol–water partition coefficient (Wildman–Crippen LogP) is 0.954. The molecular formula is C15H17F3N2O4. The first kappa shape index (κ1) is 19.5. The summed E-state index contributed by atoms with van der Waals surface area (Å²) in [6.07, 6.45) is -5.00. The van der Waals surface area contributed by atoms with E-state index in [9.17, 15) is 27.6 Å². The van der Waals surface area contributed by atoms with Crippen molar-refractivity contribution >= 4 is 17.8 Å². The molecule has 6 nitrogen and oxygen atoms in total. The molecule has 0 bridgehead atoms. The number of hydrogen-bond donors (Lipinski definition) is 2. The molecule has 0 aliphatic rings. The number of hydrogen-bond acceptors (Lipinski definition) is 4. The number of rotatable bonds is 6. The van der Waals surface area contributed by atoms with Crippen LogP contribution in [0, 0.1) is 0 Å². The molecule has 24 heavy (non-hydrogen) atoms. The van der Waals surface area contributed by atoms with Crippen LogP contribution in [0.1, 0.15) is 12.5 Å². The topological polar surface area (TPSA) is 84.5 Å². The molecule has 0 spiro atoms. The minimum Gasteiger partial charge on any atom is -0.467 e. The van der Waals surface area contributed by atoms with Crippen LogP contribution in [-0.2, 0) is 25.5 Å². The first-order valence-corrected chi connectivity index (χ1v) is 6.95. The summed E-state index contributed by atoms with van der Waals surface area (Å²) >= 11 is 0. The summed E-state index contributed by atoms with van der Waals surface area (Å²) in [7, 11) is 1.13. The molecule has 0 aromatic heterocycles. The van der Waals surface area contributed by atoms with Crippen LogP contribution >= 0.6 is 0 Å². The Morgan fingerprint density at radius 3 is 2.21 bits per heavy atom. The molecule has 0 saturated heterocycles. The average Bonchev–Trinajstić information content (AvgIpc) is 2.53. The number of benzene rings is 1. The molecule has 0 heterocycles. The molecule has 132 valence electrons. The van der Waals surface area contributed by atoms with E-state index in [1.807, 2.05) is 0 Å². The van der Waals surface area contributed by atoms with Crippen molar-refractivity contribution in [1.82, 2.24) is 10.6 Å². The lowest BCUT2D eigenvalue weighted by atomic mass is 10.1. The zero-order valence-corrected chi connectivity index (χ0v) is 13.0. The van der Waals surface area contributed by atoms with Crippen LogP contribution in [0.5, 0.6) is 0 Å². The Bertz CT molecular complexity index is 590. The third-order valence-corrected chi connectivity index (χ3v) is 3.08. The van der Waals surface area contributed by atoms with E-state index in [-0.39, 0.29) is 6.42 Å². The van der Waals surface area contributed by atoms with E-state index in [1.165, 1.54) is 5.32 Å². The minimum absolute atomic E-state index is 0.0964. The van der Waals surface area contributed by atoms with Crippen LogP contribution < -0.4 is 10.6 Å². The van der Waals surface area contributed by atoms with E-state index < -0.39 is 36.0 Å². The van der Waals surface area contributed by atoms with Crippen molar-refractivity contribution in [1.29, 1.82) is 0 Å². The highest BCUT2D eigenvalue weighted by Gasteiger charge is 2.40. The van der Waals surface area contributed by atoms with Crippen molar-refractivity contribution in [3.63, 3.8) is 0 Å². The van der Waals surface area contributed by atoms with Crippen LogP contribution in [0.2, 0.25) is 0 Å². The van der Waals surface area contributed by atoms with Crippen molar-refractivity contribution in [2.24, 2.45) is 0 Å². The fourth-order valence-corrected chi connectivity index (χ4v) is 1.83. The molecule has 1 aromatic rings. The molecule has 9 heteroatoms. The number of halogens is 3. The van der Waals surface area contributed by atoms with Gasteiger partial charge in [0.05, 0.1) is 7.11 Å². The van der Waals surface area contributed by atoms with E-state index in [2.05, 4.69) is 10.1 Å². The van der Waals surface area contributed by atoms with Gasteiger partial charge in [0.1, 0.15) is 12.1 Å². The van der Waals surface area contributed by atoms with Gasteiger partial charge in [-0.3, -0.25) is 9.59 Å². The fourth-order valence-electron chi connectivity index (χ4n) is 1.83. The van der Waals surface area contributed by atoms with Gasteiger partial charge in [0.25, 0.3) is 0 Å². The van der Waals surface area contributed by atoms with Gasteiger partial charge in [-0.1, -0.05) is 30.3 Å². The number of nitrogens with one attached hydrogen (secondary N) is 2. The molecule has 0 aliphatic heterocycles. The number of carbonyl (C=O) groups is 3. The highest BCUT2D eigenvalue weighted by Crippen LogP contribution is 2.14. The van der Waals surface area contributed by atoms with E-state index in [0.29, 0.717) is 0 Å². The highest BCUT2D eigenvalue weighted by molar-refractivity contribution is 5.91. The Morgan fingerprint density at radius 1 is 1.12 bits per heavy atom. The maximum atomic E-state index is 12.2. The molecule has 2 atom stereocenters. The summed E-state index contributed by atoms with van der Waals surface area (Å²) < 4.78 is 41.1. The van der Waals surface area contributed by atoms with Gasteiger partial charge in [0.2, 0.25) is 5.91 Å². The average molecular weight is 346 g/mol. The molecule has 0 saturated carbocycles. The Hall–Kier alpha value is -2.58. The third-order valence-electron chi connectivity index (χ3n) is 3.08. The van der Waals surface area contributed by atoms with E-state index in [1.54, 1.807) is 30.3 Å². The summed E-state index contributed by atoms with van der Waals surface area (Å²) in [5.41, 5.74) is 0.722. The van der Waals surface area contributed by atoms with Gasteiger partial charge in [-0.25, -0.2) is 4.79 Å². The molecule has 1 aromatic carbocycles. The maximum absolute atomic E-state index is 12.2. The number of carbonyl (C=O) groups excluding carboxylic acids is 3. The summed E-state index contributed by atoms with van der Waals surface area (Å²) in [6.45, 7) is 1.08. The Balaban J connectivity index is 2.74. The van der Waals surface area contributed by atoms with Crippen LogP contribution in [0.3, 0.4) is 0 Å². The summed E-state index contributed by atoms with van der Waals surface area (Å²) in [6, 6.07) is 6.12. The summed E-state index contributed by atoms with van der Waals surface area (Å²) in [5, 5.41) is 3.79. The Morgan fingerprint density at radius 2 is 1.71 bits per heavy atom. The van der Waals surface area contributed by atoms with Gasteiger partial charge in [-0.15, -0.1) is 0 Å². The normalized spacial score (nSPS) is 13.5. The van der Waals surface area contributed by atoms with Crippen LogP contribution in [-0.4, -0.2) is 43.2 Å². The van der Waals surface area contributed by atoms with Gasteiger partial charge >= 0.3 is 18.1 Å².